The van der Waals surface area contributed by atoms with Gasteiger partial charge in [-0.1, -0.05) is 36.9 Å². The van der Waals surface area contributed by atoms with Gasteiger partial charge in [-0.15, -0.1) is 0 Å². The van der Waals surface area contributed by atoms with Gasteiger partial charge in [-0.25, -0.2) is 14.8 Å². The van der Waals surface area contributed by atoms with E-state index in [4.69, 9.17) is 16.3 Å². The molecule has 1 fully saturated rings. The van der Waals surface area contributed by atoms with Gasteiger partial charge in [-0.3, -0.25) is 4.98 Å². The van der Waals surface area contributed by atoms with Gasteiger partial charge >= 0.3 is 0 Å². The lowest BCUT2D eigenvalue weighted by atomic mass is 10.0. The van der Waals surface area contributed by atoms with Crippen LogP contribution in [0.2, 0.25) is 0 Å². The molecule has 3 aromatic rings. The van der Waals surface area contributed by atoms with Gasteiger partial charge in [-0.2, -0.15) is 0 Å². The van der Waals surface area contributed by atoms with Crippen molar-refractivity contribution >= 4 is 22.6 Å². The lowest BCUT2D eigenvalue weighted by Crippen LogP contribution is -2.36. The van der Waals surface area contributed by atoms with E-state index in [0.717, 1.165) is 72.8 Å². The first-order valence-electron chi connectivity index (χ1n) is 11.5. The molecule has 7 heteroatoms. The van der Waals surface area contributed by atoms with Crippen molar-refractivity contribution in [2.24, 2.45) is 0 Å². The fourth-order valence-electron chi connectivity index (χ4n) is 4.34. The second kappa shape index (κ2) is 9.86. The lowest BCUT2D eigenvalue weighted by Gasteiger charge is -2.29. The van der Waals surface area contributed by atoms with Crippen LogP contribution in [0.1, 0.15) is 28.2 Å². The molecule has 170 valence electrons. The second-order valence-corrected chi connectivity index (χ2v) is 8.30. The highest BCUT2D eigenvalue weighted by Gasteiger charge is 2.20. The predicted octanol–water partition coefficient (Wildman–Crippen LogP) is 4.05. The van der Waals surface area contributed by atoms with E-state index >= 15 is 0 Å². The zero-order chi connectivity index (χ0) is 23.3. The molecule has 7 nitrogen and oxygen atoms in total. The highest BCUT2D eigenvalue weighted by molar-refractivity contribution is 5.84. The third-order valence-corrected chi connectivity index (χ3v) is 6.20. The summed E-state index contributed by atoms with van der Waals surface area (Å²) >= 11 is 0. The number of nitrogens with zero attached hydrogens (tertiary/aromatic N) is 5. The van der Waals surface area contributed by atoms with Crippen LogP contribution >= 0.6 is 0 Å². The van der Waals surface area contributed by atoms with Crippen LogP contribution in [0, 0.1) is 6.57 Å². The zero-order valence-corrected chi connectivity index (χ0v) is 19.0. The summed E-state index contributed by atoms with van der Waals surface area (Å²) in [5.41, 5.74) is 7.84. The molecule has 0 unspecified atom stereocenters. The summed E-state index contributed by atoms with van der Waals surface area (Å²) in [6.45, 7) is 15.3. The van der Waals surface area contributed by atoms with Gasteiger partial charge in [0.2, 0.25) is 0 Å². The van der Waals surface area contributed by atoms with E-state index in [1.165, 1.54) is 0 Å². The van der Waals surface area contributed by atoms with E-state index in [1.54, 1.807) is 0 Å². The maximum atomic E-state index is 7.29. The molecule has 2 aliphatic rings. The standard InChI is InChI=1S/C27H26N6O/c1-19(29-10-9-20-5-3-4-6-25(20)28-2)27-31-16-21(17-32-27)23-7-8-26-24(23)15-22(18-30-26)33-11-13-34-14-12-33/h3-7,15-18,29H,1,8-14H2. The molecule has 0 spiro atoms. The molecule has 3 heterocycles. The number of fused-ring (bicyclic) bond motifs is 1. The van der Waals surface area contributed by atoms with Crippen LogP contribution < -0.4 is 10.2 Å². The molecule has 1 aliphatic heterocycles. The molecule has 5 rings (SSSR count). The van der Waals surface area contributed by atoms with Crippen molar-refractivity contribution in [2.45, 2.75) is 12.8 Å². The summed E-state index contributed by atoms with van der Waals surface area (Å²) in [7, 11) is 0. The van der Waals surface area contributed by atoms with Gasteiger partial charge in [0.15, 0.2) is 11.5 Å². The van der Waals surface area contributed by atoms with Crippen LogP contribution in [0.15, 0.2) is 61.6 Å². The highest BCUT2D eigenvalue weighted by Crippen LogP contribution is 2.33. The molecule has 1 aliphatic carbocycles. The maximum Gasteiger partial charge on any atom is 0.190 e. The first-order chi connectivity index (χ1) is 16.7. The smallest absolute Gasteiger partial charge is 0.190 e. The number of hydrogen-bond acceptors (Lipinski definition) is 6. The minimum absolute atomic E-state index is 0.571. The van der Waals surface area contributed by atoms with Gasteiger partial charge in [0.05, 0.1) is 43.1 Å². The quantitative estimate of drug-likeness (QED) is 0.548. The molecule has 0 saturated carbocycles. The van der Waals surface area contributed by atoms with Crippen LogP contribution in [-0.2, 0) is 17.6 Å². The summed E-state index contributed by atoms with van der Waals surface area (Å²) < 4.78 is 5.48. The molecule has 0 radical (unpaired) electrons. The number of pyridine rings is 1. The molecule has 34 heavy (non-hydrogen) atoms. The third-order valence-electron chi connectivity index (χ3n) is 6.20. The number of morpholine rings is 1. The Balaban J connectivity index is 1.24. The van der Waals surface area contributed by atoms with Crippen molar-refractivity contribution in [1.29, 1.82) is 0 Å². The number of rotatable bonds is 7. The van der Waals surface area contributed by atoms with Crippen molar-refractivity contribution in [2.75, 3.05) is 37.7 Å². The number of benzene rings is 1. The van der Waals surface area contributed by atoms with E-state index in [0.29, 0.717) is 23.8 Å². The lowest BCUT2D eigenvalue weighted by molar-refractivity contribution is 0.122. The average Bonchev–Trinajstić information content (AvgIpc) is 3.33. The van der Waals surface area contributed by atoms with E-state index < -0.39 is 0 Å². The third kappa shape index (κ3) is 4.54. The molecule has 1 aromatic carbocycles. The Morgan fingerprint density at radius 2 is 1.91 bits per heavy atom. The minimum atomic E-state index is 0.571. The Labute approximate surface area is 199 Å². The number of nitrogens with one attached hydrogen (secondary N) is 1. The molecular weight excluding hydrogens is 424 g/mol. The molecule has 0 amide bonds. The van der Waals surface area contributed by atoms with Crippen LogP contribution in [0.5, 0.6) is 0 Å². The molecule has 0 atom stereocenters. The summed E-state index contributed by atoms with van der Waals surface area (Å²) in [6.07, 6.45) is 9.42. The Morgan fingerprint density at radius 1 is 1.12 bits per heavy atom. The monoisotopic (exact) mass is 450 g/mol. The van der Waals surface area contributed by atoms with E-state index in [2.05, 4.69) is 43.8 Å². The topological polar surface area (TPSA) is 67.5 Å². The molecule has 2 aromatic heterocycles. The van der Waals surface area contributed by atoms with E-state index in [9.17, 15) is 0 Å². The normalized spacial score (nSPS) is 14.8. The van der Waals surface area contributed by atoms with Crippen molar-refractivity contribution in [3.63, 3.8) is 0 Å². The Morgan fingerprint density at radius 3 is 2.71 bits per heavy atom. The number of hydrogen-bond donors (Lipinski definition) is 1. The Kier molecular flexibility index (Phi) is 6.32. The summed E-state index contributed by atoms with van der Waals surface area (Å²) in [4.78, 5) is 19.7. The summed E-state index contributed by atoms with van der Waals surface area (Å²) in [5, 5.41) is 3.28. The van der Waals surface area contributed by atoms with Gasteiger partial charge in [0, 0.05) is 49.6 Å². The minimum Gasteiger partial charge on any atom is -0.382 e. The largest absolute Gasteiger partial charge is 0.382 e. The zero-order valence-electron chi connectivity index (χ0n) is 19.0. The number of para-hydroxylation sites is 1. The fraction of sp³-hybridized carbons (Fsp3) is 0.259. The van der Waals surface area contributed by atoms with E-state index in [-0.39, 0.29) is 0 Å². The van der Waals surface area contributed by atoms with Crippen LogP contribution in [0.25, 0.3) is 16.1 Å². The van der Waals surface area contributed by atoms with Gasteiger partial charge in [0.25, 0.3) is 0 Å². The van der Waals surface area contributed by atoms with Gasteiger partial charge < -0.3 is 15.0 Å². The number of ether oxygens (including phenoxy) is 1. The maximum absolute atomic E-state index is 7.29. The van der Waals surface area contributed by atoms with Crippen LogP contribution in [-0.4, -0.2) is 47.8 Å². The van der Waals surface area contributed by atoms with Gasteiger partial charge in [-0.05, 0) is 23.6 Å². The fourth-order valence-corrected chi connectivity index (χ4v) is 4.34. The van der Waals surface area contributed by atoms with Gasteiger partial charge in [0.1, 0.15) is 0 Å². The van der Waals surface area contributed by atoms with Crippen molar-refractivity contribution in [1.82, 2.24) is 20.3 Å². The van der Waals surface area contributed by atoms with Crippen molar-refractivity contribution < 1.29 is 4.74 Å². The molecule has 1 saturated heterocycles. The summed E-state index contributed by atoms with van der Waals surface area (Å²) in [5.74, 6) is 0.571. The Hall–Kier alpha value is -4.02. The first-order valence-corrected chi connectivity index (χ1v) is 11.5. The molecule has 0 bridgehead atoms. The highest BCUT2D eigenvalue weighted by atomic mass is 16.5. The molecule has 1 N–H and O–H groups in total. The van der Waals surface area contributed by atoms with Crippen molar-refractivity contribution in [3.8, 4) is 0 Å². The number of allylic oxidation sites excluding steroid dienone is 1. The average molecular weight is 451 g/mol. The Bertz CT molecular complexity index is 1270. The number of aromatic nitrogens is 3. The second-order valence-electron chi connectivity index (χ2n) is 8.30. The van der Waals surface area contributed by atoms with E-state index in [1.807, 2.05) is 42.9 Å². The SMILES string of the molecule is [C-]#[N+]c1ccccc1CCNC(=C)c1ncc(C2=CCc3ncc(N4CCOCC4)cc32)cn1. The predicted molar refractivity (Wildman–Crippen MR) is 134 cm³/mol. The molecular formula is C27H26N6O. The van der Waals surface area contributed by atoms with Crippen molar-refractivity contribution in [3.05, 3.63) is 101 Å². The summed E-state index contributed by atoms with van der Waals surface area (Å²) in [6, 6.07) is 9.89. The van der Waals surface area contributed by atoms with Crippen LogP contribution in [0.3, 0.4) is 0 Å². The first kappa shape index (κ1) is 21.8. The number of anilines is 1. The van der Waals surface area contributed by atoms with Crippen LogP contribution in [0.4, 0.5) is 11.4 Å².